The summed E-state index contributed by atoms with van der Waals surface area (Å²) in [5, 5.41) is 0. The van der Waals surface area contributed by atoms with Gasteiger partial charge >= 0.3 is 32.5 Å². The number of hydrogen-bond acceptors (Lipinski definition) is 8. The van der Waals surface area contributed by atoms with Gasteiger partial charge in [0, 0.05) is 14.7 Å². The Labute approximate surface area is 351 Å². The van der Waals surface area contributed by atoms with Gasteiger partial charge < -0.3 is 41.1 Å². The minimum Gasteiger partial charge on any atom is -0.437 e. The molecule has 0 aliphatic rings. The maximum Gasteiger partial charge on any atom is 0.469 e. The summed E-state index contributed by atoms with van der Waals surface area (Å²) in [7, 11) is -19.2. The average molecular weight is 946 g/mol. The van der Waals surface area contributed by atoms with E-state index >= 15 is 0 Å². The molecule has 56 heavy (non-hydrogen) atoms. The molecule has 3 unspecified atom stereocenters. The monoisotopic (exact) mass is 944 g/mol. The summed E-state index contributed by atoms with van der Waals surface area (Å²) < 4.78 is 57.7. The molecule has 0 aromatic carbocycles. The Balaban J connectivity index is 0. The van der Waals surface area contributed by atoms with Crippen molar-refractivity contribution in [3.8, 4) is 0 Å². The average Bonchev–Trinajstić information content (AvgIpc) is 2.82. The second kappa shape index (κ2) is 24.3. The highest BCUT2D eigenvalue weighted by Gasteiger charge is 2.44. The molecule has 4 N–H and O–H groups in total. The Bertz CT molecular complexity index is 1190. The quantitative estimate of drug-likeness (QED) is 0.0318. The minimum atomic E-state index is -4.37. The van der Waals surface area contributed by atoms with Crippen LogP contribution in [0.3, 0.4) is 0 Å². The number of phosphoric ester groups is 1. The van der Waals surface area contributed by atoms with Crippen LogP contribution in [0, 0.1) is 5.41 Å². The zero-order valence-corrected chi connectivity index (χ0v) is 47.2. The fraction of sp³-hybridized carbons (Fsp3) is 1.00. The number of phosphoric acid groups is 1. The number of rotatable bonds is 29. The second-order valence-corrected chi connectivity index (χ2v) is 50.8. The van der Waals surface area contributed by atoms with E-state index in [9.17, 15) is 9.13 Å². The molecule has 20 heteroatoms. The van der Waals surface area contributed by atoms with Crippen molar-refractivity contribution >= 4 is 65.6 Å². The van der Waals surface area contributed by atoms with Gasteiger partial charge in [-0.1, -0.05) is 71.1 Å². The van der Waals surface area contributed by atoms with Gasteiger partial charge in [0.25, 0.3) is 0 Å². The standard InChI is InChI=1S/C19H49O7PSi4.C17H41O5PSi2/c1-19(23-27(20,21)22)17-15-13-11-12-14-16-18-31(10,25-29(5,6)7)26-30(8,9)24-28(2,3)4;1-16(2,22-25(7,8)9)13-17(3,14-24(4,5)6)11-10-12-21-15-23(18,19)20/h19H,11-18H2,1-10H3,(H2,20,21,22);10-15H2,1-9H3,(H2,18,19,20). The van der Waals surface area contributed by atoms with E-state index in [0.29, 0.717) is 13.0 Å². The Kier molecular flexibility index (Phi) is 25.8. The molecule has 0 aromatic heterocycles. The van der Waals surface area contributed by atoms with Crippen molar-refractivity contribution in [2.24, 2.45) is 5.41 Å². The van der Waals surface area contributed by atoms with Crippen LogP contribution >= 0.6 is 15.4 Å². The fourth-order valence-electron chi connectivity index (χ4n) is 8.12. The van der Waals surface area contributed by atoms with Gasteiger partial charge in [0.15, 0.2) is 25.0 Å². The van der Waals surface area contributed by atoms with Crippen LogP contribution in [-0.2, 0) is 35.2 Å². The third-order valence-electron chi connectivity index (χ3n) is 8.07. The molecule has 0 spiro atoms. The minimum absolute atomic E-state index is 0.152. The maximum atomic E-state index is 10.9. The predicted octanol–water partition coefficient (Wildman–Crippen LogP) is 12.0. The van der Waals surface area contributed by atoms with Gasteiger partial charge in [0.2, 0.25) is 0 Å². The summed E-state index contributed by atoms with van der Waals surface area (Å²) in [5.41, 5.74) is -0.00919. The van der Waals surface area contributed by atoms with Gasteiger partial charge in [-0.3, -0.25) is 9.09 Å². The van der Waals surface area contributed by atoms with Gasteiger partial charge in [0.05, 0.1) is 11.7 Å². The molecule has 12 nitrogen and oxygen atoms in total. The smallest absolute Gasteiger partial charge is 0.437 e. The second-order valence-electron chi connectivity index (χ2n) is 21.6. The van der Waals surface area contributed by atoms with Crippen LogP contribution in [0.2, 0.25) is 110 Å². The van der Waals surface area contributed by atoms with Crippen molar-refractivity contribution in [2.75, 3.05) is 13.0 Å². The molecule has 3 atom stereocenters. The van der Waals surface area contributed by atoms with Crippen molar-refractivity contribution < 1.29 is 54.7 Å². The van der Waals surface area contributed by atoms with Crippen LogP contribution in [0.5, 0.6) is 0 Å². The summed E-state index contributed by atoms with van der Waals surface area (Å²) in [5.74, 6) is 0. The molecule has 0 saturated heterocycles. The Morgan fingerprint density at radius 1 is 0.625 bits per heavy atom. The third-order valence-corrected chi connectivity index (χ3v) is 25.8. The number of hydrogen-bond donors (Lipinski definition) is 4. The highest BCUT2D eigenvalue weighted by atomic mass is 31.2. The largest absolute Gasteiger partial charge is 0.469 e. The van der Waals surface area contributed by atoms with Gasteiger partial charge in [-0.15, -0.1) is 0 Å². The highest BCUT2D eigenvalue weighted by molar-refractivity contribution is 7.51. The summed E-state index contributed by atoms with van der Waals surface area (Å²) in [6.07, 6.45) is 9.05. The van der Waals surface area contributed by atoms with E-state index in [1.807, 2.05) is 0 Å². The molecule has 0 bridgehead atoms. The predicted molar refractivity (Wildman–Crippen MR) is 250 cm³/mol. The van der Waals surface area contributed by atoms with E-state index in [1.165, 1.54) is 6.04 Å². The summed E-state index contributed by atoms with van der Waals surface area (Å²) in [4.78, 5) is 35.4. The first kappa shape index (κ1) is 59.5. The normalized spacial score (nSPS) is 16.8. The Hall–Kier alpha value is 1.36. The highest BCUT2D eigenvalue weighted by Crippen LogP contribution is 2.43. The Morgan fingerprint density at radius 2 is 1.11 bits per heavy atom. The lowest BCUT2D eigenvalue weighted by Gasteiger charge is -2.43. The van der Waals surface area contributed by atoms with Crippen molar-refractivity contribution in [1.82, 2.24) is 0 Å². The molecule has 0 aromatic rings. The van der Waals surface area contributed by atoms with Crippen LogP contribution in [0.25, 0.3) is 0 Å². The Morgan fingerprint density at radius 3 is 1.54 bits per heavy atom. The first-order valence-electron chi connectivity index (χ1n) is 20.7. The molecule has 0 rings (SSSR count). The van der Waals surface area contributed by atoms with E-state index in [-0.39, 0.29) is 11.0 Å². The van der Waals surface area contributed by atoms with Crippen LogP contribution in [0.15, 0.2) is 0 Å². The summed E-state index contributed by atoms with van der Waals surface area (Å²) in [6.45, 7) is 42.5. The van der Waals surface area contributed by atoms with Gasteiger partial charge in [-0.2, -0.15) is 0 Å². The van der Waals surface area contributed by atoms with E-state index in [2.05, 4.69) is 124 Å². The fourth-order valence-corrected chi connectivity index (χ4v) is 31.7. The molecule has 0 amide bonds. The molecule has 0 radical (unpaired) electrons. The SMILES string of the molecule is CC(CCCCCCCC[Si](C)(O[Si](C)(C)C)O[Si](C)(C)O[Si](C)(C)C)OP(=O)(O)O.CC(CCCOCP(=O)(O)O)(CC(C)(C)O[Si](C)(C)C)C[Si](C)(C)C. The van der Waals surface area contributed by atoms with Crippen LogP contribution in [0.4, 0.5) is 0 Å². The lowest BCUT2D eigenvalue weighted by molar-refractivity contribution is 0.0417. The first-order chi connectivity index (χ1) is 24.6. The molecule has 0 fully saturated rings. The molecule has 0 aliphatic heterocycles. The summed E-state index contributed by atoms with van der Waals surface area (Å²) >= 11 is 0. The molecular formula is C36H90O12P2Si6. The third kappa shape index (κ3) is 39.5. The zero-order chi connectivity index (χ0) is 44.7. The first-order valence-corrected chi connectivity index (χ1v) is 43.3. The van der Waals surface area contributed by atoms with Gasteiger partial charge in [-0.25, -0.2) is 4.57 Å². The van der Waals surface area contributed by atoms with E-state index in [4.69, 9.17) is 41.1 Å². The molecule has 0 aliphatic carbocycles. The van der Waals surface area contributed by atoms with Crippen molar-refractivity contribution in [1.29, 1.82) is 0 Å². The van der Waals surface area contributed by atoms with Crippen LogP contribution in [-0.4, -0.2) is 94.4 Å². The number of ether oxygens (including phenoxy) is 1. The van der Waals surface area contributed by atoms with E-state index < -0.39 is 78.0 Å². The van der Waals surface area contributed by atoms with Crippen molar-refractivity contribution in [2.45, 2.75) is 214 Å². The van der Waals surface area contributed by atoms with E-state index in [0.717, 1.165) is 63.8 Å². The van der Waals surface area contributed by atoms with Crippen LogP contribution < -0.4 is 0 Å². The van der Waals surface area contributed by atoms with Crippen molar-refractivity contribution in [3.63, 3.8) is 0 Å². The number of unbranched alkanes of at least 4 members (excludes halogenated alkanes) is 5. The topological polar surface area (TPSA) is 170 Å². The van der Waals surface area contributed by atoms with E-state index in [1.54, 1.807) is 6.92 Å². The summed E-state index contributed by atoms with van der Waals surface area (Å²) in [6, 6.07) is 2.20. The molecule has 0 heterocycles. The molecule has 0 saturated carbocycles. The zero-order valence-electron chi connectivity index (χ0n) is 39.4. The molecule has 340 valence electrons. The van der Waals surface area contributed by atoms with Crippen molar-refractivity contribution in [3.05, 3.63) is 0 Å². The van der Waals surface area contributed by atoms with Gasteiger partial charge in [-0.05, 0) is 136 Å². The molecular weight excluding hydrogens is 855 g/mol. The van der Waals surface area contributed by atoms with Crippen LogP contribution in [0.1, 0.15) is 91.9 Å². The lowest BCUT2D eigenvalue weighted by Crippen LogP contribution is -2.56. The lowest BCUT2D eigenvalue weighted by atomic mass is 9.78. The maximum absolute atomic E-state index is 10.9. The van der Waals surface area contributed by atoms with Gasteiger partial charge in [0.1, 0.15) is 6.35 Å².